The Morgan fingerprint density at radius 3 is 2.69 bits per heavy atom. The first-order valence-electron chi connectivity index (χ1n) is 9.46. The summed E-state index contributed by atoms with van der Waals surface area (Å²) in [6.07, 6.45) is 0. The van der Waals surface area contributed by atoms with Crippen molar-refractivity contribution in [2.45, 2.75) is 13.8 Å². The first-order valence-corrected chi connectivity index (χ1v) is 10.4. The second kappa shape index (κ2) is 9.52. The van der Waals surface area contributed by atoms with Crippen molar-refractivity contribution in [3.8, 4) is 11.5 Å². The fraction of sp³-hybridized carbons (Fsp3) is 0.273. The average Bonchev–Trinajstić information content (AvgIpc) is 2.72. The highest BCUT2D eigenvalue weighted by atomic mass is 32.2. The van der Waals surface area contributed by atoms with Gasteiger partial charge in [-0.25, -0.2) is 4.99 Å². The SMILES string of the molecule is C=C1c2ccccc2N=C(SCC(=O)Nc2cc(OCC)ccc2OCC)N1C. The minimum absolute atomic E-state index is 0.148. The van der Waals surface area contributed by atoms with E-state index < -0.39 is 0 Å². The molecule has 7 heteroatoms. The molecule has 6 nitrogen and oxygen atoms in total. The topological polar surface area (TPSA) is 63.2 Å². The highest BCUT2D eigenvalue weighted by molar-refractivity contribution is 8.14. The largest absolute Gasteiger partial charge is 0.494 e. The zero-order valence-electron chi connectivity index (χ0n) is 16.9. The standard InChI is InChI=1S/C22H25N3O3S/c1-5-27-16-11-12-20(28-6-2)19(13-16)23-21(26)14-29-22-24-18-10-8-7-9-17(18)15(3)25(22)4/h7-13H,3,5-6,14H2,1-2,4H3,(H,23,26). The van der Waals surface area contributed by atoms with E-state index >= 15 is 0 Å². The Morgan fingerprint density at radius 1 is 1.17 bits per heavy atom. The molecule has 29 heavy (non-hydrogen) atoms. The first kappa shape index (κ1) is 20.8. The van der Waals surface area contributed by atoms with Crippen LogP contribution in [0.2, 0.25) is 0 Å². The van der Waals surface area contributed by atoms with Gasteiger partial charge >= 0.3 is 0 Å². The summed E-state index contributed by atoms with van der Waals surface area (Å²) in [7, 11) is 1.90. The Kier molecular flexibility index (Phi) is 6.82. The Bertz CT molecular complexity index is 943. The van der Waals surface area contributed by atoms with Crippen LogP contribution in [-0.4, -0.2) is 42.0 Å². The molecule has 1 N–H and O–H groups in total. The normalized spacial score (nSPS) is 12.9. The number of benzene rings is 2. The van der Waals surface area contributed by atoms with Gasteiger partial charge < -0.3 is 19.7 Å². The van der Waals surface area contributed by atoms with Crippen LogP contribution in [0.1, 0.15) is 19.4 Å². The van der Waals surface area contributed by atoms with Crippen molar-refractivity contribution in [1.29, 1.82) is 0 Å². The molecule has 0 atom stereocenters. The minimum Gasteiger partial charge on any atom is -0.494 e. The molecule has 1 aliphatic rings. The van der Waals surface area contributed by atoms with Crippen LogP contribution in [0, 0.1) is 0 Å². The molecule has 2 aromatic carbocycles. The van der Waals surface area contributed by atoms with E-state index in [2.05, 4.69) is 16.9 Å². The van der Waals surface area contributed by atoms with Crippen LogP contribution >= 0.6 is 11.8 Å². The third-order valence-electron chi connectivity index (χ3n) is 4.29. The number of carbonyl (C=O) groups excluding carboxylic acids is 1. The molecule has 2 aromatic rings. The number of para-hydroxylation sites is 1. The lowest BCUT2D eigenvalue weighted by atomic mass is 10.1. The van der Waals surface area contributed by atoms with Gasteiger partial charge in [-0.15, -0.1) is 0 Å². The summed E-state index contributed by atoms with van der Waals surface area (Å²) in [6, 6.07) is 13.3. The monoisotopic (exact) mass is 411 g/mol. The van der Waals surface area contributed by atoms with Crippen molar-refractivity contribution < 1.29 is 14.3 Å². The number of nitrogens with one attached hydrogen (secondary N) is 1. The third-order valence-corrected chi connectivity index (χ3v) is 5.32. The van der Waals surface area contributed by atoms with E-state index in [9.17, 15) is 4.79 Å². The van der Waals surface area contributed by atoms with E-state index in [1.165, 1.54) is 11.8 Å². The molecule has 3 rings (SSSR count). The molecular weight excluding hydrogens is 386 g/mol. The minimum atomic E-state index is -0.148. The molecule has 0 unspecified atom stereocenters. The highest BCUT2D eigenvalue weighted by Crippen LogP contribution is 2.35. The zero-order valence-corrected chi connectivity index (χ0v) is 17.7. The number of hydrogen-bond acceptors (Lipinski definition) is 6. The number of amidine groups is 1. The second-order valence-corrected chi connectivity index (χ2v) is 7.22. The maximum Gasteiger partial charge on any atom is 0.234 e. The van der Waals surface area contributed by atoms with E-state index in [0.717, 1.165) is 22.1 Å². The van der Waals surface area contributed by atoms with Gasteiger partial charge in [0.05, 0.1) is 30.3 Å². The second-order valence-electron chi connectivity index (χ2n) is 6.28. The Balaban J connectivity index is 1.69. The summed E-state index contributed by atoms with van der Waals surface area (Å²) in [5.74, 6) is 1.36. The van der Waals surface area contributed by atoms with Gasteiger partial charge in [-0.2, -0.15) is 0 Å². The lowest BCUT2D eigenvalue weighted by Gasteiger charge is -2.28. The molecule has 1 amide bonds. The lowest BCUT2D eigenvalue weighted by Crippen LogP contribution is -2.27. The molecular formula is C22H25N3O3S. The highest BCUT2D eigenvalue weighted by Gasteiger charge is 2.21. The van der Waals surface area contributed by atoms with Crippen molar-refractivity contribution in [3.63, 3.8) is 0 Å². The molecule has 1 aliphatic heterocycles. The maximum atomic E-state index is 12.6. The number of rotatable bonds is 7. The smallest absolute Gasteiger partial charge is 0.234 e. The molecule has 0 spiro atoms. The van der Waals surface area contributed by atoms with E-state index in [-0.39, 0.29) is 11.7 Å². The number of fused-ring (bicyclic) bond motifs is 1. The van der Waals surface area contributed by atoms with Crippen molar-refractivity contribution in [2.75, 3.05) is 31.3 Å². The number of aliphatic imine (C=N–C) groups is 1. The fourth-order valence-electron chi connectivity index (χ4n) is 2.88. The fourth-order valence-corrected chi connectivity index (χ4v) is 3.68. The molecule has 0 saturated heterocycles. The van der Waals surface area contributed by atoms with Crippen molar-refractivity contribution >= 4 is 39.9 Å². The number of hydrogen-bond donors (Lipinski definition) is 1. The van der Waals surface area contributed by atoms with E-state index in [4.69, 9.17) is 9.47 Å². The lowest BCUT2D eigenvalue weighted by molar-refractivity contribution is -0.113. The molecule has 0 aromatic heterocycles. The van der Waals surface area contributed by atoms with Crippen LogP contribution in [0.25, 0.3) is 5.70 Å². The van der Waals surface area contributed by atoms with Gasteiger partial charge in [0.25, 0.3) is 0 Å². The number of amides is 1. The average molecular weight is 412 g/mol. The van der Waals surface area contributed by atoms with Gasteiger partial charge in [0, 0.05) is 24.4 Å². The van der Waals surface area contributed by atoms with Crippen LogP contribution in [0.5, 0.6) is 11.5 Å². The number of anilines is 1. The molecule has 0 bridgehead atoms. The summed E-state index contributed by atoms with van der Waals surface area (Å²) >= 11 is 1.36. The van der Waals surface area contributed by atoms with Crippen LogP contribution in [0.3, 0.4) is 0 Å². The third kappa shape index (κ3) is 4.92. The van der Waals surface area contributed by atoms with Crippen molar-refractivity contribution in [1.82, 2.24) is 4.90 Å². The number of thioether (sulfide) groups is 1. The quantitative estimate of drug-likeness (QED) is 0.712. The van der Waals surface area contributed by atoms with Gasteiger partial charge in [0.2, 0.25) is 5.91 Å². The molecule has 0 fully saturated rings. The van der Waals surface area contributed by atoms with Gasteiger partial charge in [-0.3, -0.25) is 4.79 Å². The molecule has 0 aliphatic carbocycles. The Labute approximate surface area is 175 Å². The summed E-state index contributed by atoms with van der Waals surface area (Å²) in [5.41, 5.74) is 3.32. The number of nitrogens with zero attached hydrogens (tertiary/aromatic N) is 2. The van der Waals surface area contributed by atoms with Crippen LogP contribution < -0.4 is 14.8 Å². The predicted molar refractivity (Wildman–Crippen MR) is 120 cm³/mol. The first-order chi connectivity index (χ1) is 14.0. The van der Waals surface area contributed by atoms with E-state index in [0.29, 0.717) is 30.4 Å². The van der Waals surface area contributed by atoms with Gasteiger partial charge in [0.1, 0.15) is 11.5 Å². The summed E-state index contributed by atoms with van der Waals surface area (Å²) in [4.78, 5) is 19.2. The maximum absolute atomic E-state index is 12.6. The molecule has 0 saturated carbocycles. The Hall–Kier alpha value is -2.93. The molecule has 1 heterocycles. The molecule has 152 valence electrons. The van der Waals surface area contributed by atoms with Crippen molar-refractivity contribution in [2.24, 2.45) is 4.99 Å². The number of ether oxygens (including phenoxy) is 2. The summed E-state index contributed by atoms with van der Waals surface area (Å²) in [6.45, 7) is 9.02. The van der Waals surface area contributed by atoms with Gasteiger partial charge in [-0.1, -0.05) is 36.5 Å². The van der Waals surface area contributed by atoms with E-state index in [1.54, 1.807) is 12.1 Å². The van der Waals surface area contributed by atoms with Crippen molar-refractivity contribution in [3.05, 3.63) is 54.6 Å². The zero-order chi connectivity index (χ0) is 20.8. The summed E-state index contributed by atoms with van der Waals surface area (Å²) < 4.78 is 11.1. The van der Waals surface area contributed by atoms with E-state index in [1.807, 2.05) is 56.1 Å². The van der Waals surface area contributed by atoms with Crippen LogP contribution in [-0.2, 0) is 4.79 Å². The van der Waals surface area contributed by atoms with Gasteiger partial charge in [-0.05, 0) is 32.0 Å². The molecule has 0 radical (unpaired) electrons. The predicted octanol–water partition coefficient (Wildman–Crippen LogP) is 4.76. The summed E-state index contributed by atoms with van der Waals surface area (Å²) in [5, 5.41) is 3.65. The number of carbonyl (C=O) groups is 1. The van der Waals surface area contributed by atoms with Crippen LogP contribution in [0.15, 0.2) is 54.0 Å². The van der Waals surface area contributed by atoms with Gasteiger partial charge in [0.15, 0.2) is 5.17 Å². The Morgan fingerprint density at radius 2 is 1.93 bits per heavy atom. The van der Waals surface area contributed by atoms with Crippen LogP contribution in [0.4, 0.5) is 11.4 Å².